The van der Waals surface area contributed by atoms with Crippen molar-refractivity contribution in [3.05, 3.63) is 65.5 Å². The van der Waals surface area contributed by atoms with Crippen molar-refractivity contribution < 1.29 is 14.4 Å². The van der Waals surface area contributed by atoms with E-state index in [2.05, 4.69) is 27.4 Å². The third-order valence-corrected chi connectivity index (χ3v) is 8.10. The number of hydrogen-bond donors (Lipinski definition) is 1. The van der Waals surface area contributed by atoms with E-state index in [4.69, 9.17) is 4.98 Å². The number of carbonyl (C=O) groups is 3. The number of nitrogens with one attached hydrogen (secondary N) is 1. The zero-order valence-corrected chi connectivity index (χ0v) is 21.8. The Bertz CT molecular complexity index is 1650. The number of aromatic nitrogens is 4. The first kappa shape index (κ1) is 23.8. The molecule has 1 aromatic carbocycles. The van der Waals surface area contributed by atoms with E-state index in [0.717, 1.165) is 53.3 Å². The molecule has 1 N–H and O–H groups in total. The van der Waals surface area contributed by atoms with E-state index >= 15 is 0 Å². The van der Waals surface area contributed by atoms with Crippen LogP contribution in [0.3, 0.4) is 0 Å². The Morgan fingerprint density at radius 3 is 2.64 bits per heavy atom. The number of pyridine rings is 1. The third kappa shape index (κ3) is 4.11. The zero-order chi connectivity index (χ0) is 26.7. The minimum Gasteiger partial charge on any atom is -0.322 e. The lowest BCUT2D eigenvalue weighted by Crippen LogP contribution is -2.52. The molecule has 0 saturated carbocycles. The fourth-order valence-electron chi connectivity index (χ4n) is 6.09. The lowest BCUT2D eigenvalue weighted by Gasteiger charge is -2.29. The van der Waals surface area contributed by atoms with Crippen LogP contribution < -0.4 is 5.32 Å². The highest BCUT2D eigenvalue weighted by molar-refractivity contribution is 6.05. The van der Waals surface area contributed by atoms with Gasteiger partial charge >= 0.3 is 0 Å². The number of likely N-dealkylation sites (tertiary alicyclic amines) is 1. The van der Waals surface area contributed by atoms with Crippen LogP contribution >= 0.6 is 0 Å². The lowest BCUT2D eigenvalue weighted by atomic mass is 10.0. The summed E-state index contributed by atoms with van der Waals surface area (Å²) in [5, 5.41) is 8.06. The SMILES string of the molecule is Cn1ccc(-n2ccc3c(CN4CCCC4)cc(-c4ccc5c(c4)CN(C4CCC(=O)NC4=O)C5=O)nc32)n1. The number of imide groups is 1. The molecule has 3 aromatic heterocycles. The minimum absolute atomic E-state index is 0.173. The summed E-state index contributed by atoms with van der Waals surface area (Å²) < 4.78 is 3.80. The molecule has 39 heavy (non-hydrogen) atoms. The van der Waals surface area contributed by atoms with Crippen LogP contribution in [0, 0.1) is 0 Å². The molecule has 0 spiro atoms. The van der Waals surface area contributed by atoms with Gasteiger partial charge in [-0.1, -0.05) is 6.07 Å². The van der Waals surface area contributed by atoms with Crippen molar-refractivity contribution in [3.8, 4) is 17.1 Å². The lowest BCUT2D eigenvalue weighted by molar-refractivity contribution is -0.136. The molecule has 10 heteroatoms. The molecule has 4 aromatic rings. The van der Waals surface area contributed by atoms with Gasteiger partial charge in [-0.3, -0.25) is 33.8 Å². The van der Waals surface area contributed by atoms with E-state index in [-0.39, 0.29) is 18.2 Å². The van der Waals surface area contributed by atoms with Crippen LogP contribution in [0.5, 0.6) is 0 Å². The molecular formula is C29H29N7O3. The van der Waals surface area contributed by atoms with E-state index in [1.54, 1.807) is 9.58 Å². The molecule has 3 amide bonds. The maximum absolute atomic E-state index is 13.2. The molecule has 0 radical (unpaired) electrons. The smallest absolute Gasteiger partial charge is 0.255 e. The van der Waals surface area contributed by atoms with Crippen molar-refractivity contribution in [3.63, 3.8) is 0 Å². The summed E-state index contributed by atoms with van der Waals surface area (Å²) >= 11 is 0. The van der Waals surface area contributed by atoms with Crippen molar-refractivity contribution in [1.82, 2.24) is 34.4 Å². The van der Waals surface area contributed by atoms with Crippen molar-refractivity contribution in [1.29, 1.82) is 0 Å². The predicted molar refractivity (Wildman–Crippen MR) is 144 cm³/mol. The summed E-state index contributed by atoms with van der Waals surface area (Å²) in [6.07, 6.45) is 6.97. The van der Waals surface area contributed by atoms with Crippen molar-refractivity contribution in [2.75, 3.05) is 13.1 Å². The number of benzene rings is 1. The van der Waals surface area contributed by atoms with Gasteiger partial charge in [-0.2, -0.15) is 5.10 Å². The van der Waals surface area contributed by atoms with Gasteiger partial charge in [0, 0.05) is 61.5 Å². The Kier molecular flexibility index (Phi) is 5.59. The first-order valence-electron chi connectivity index (χ1n) is 13.5. The van der Waals surface area contributed by atoms with E-state index in [9.17, 15) is 14.4 Å². The van der Waals surface area contributed by atoms with Gasteiger partial charge in [0.15, 0.2) is 5.82 Å². The Balaban J connectivity index is 1.27. The first-order chi connectivity index (χ1) is 18.9. The van der Waals surface area contributed by atoms with Crippen LogP contribution in [-0.2, 0) is 29.7 Å². The highest BCUT2D eigenvalue weighted by Crippen LogP contribution is 2.33. The normalized spacial score (nSPS) is 19.8. The summed E-state index contributed by atoms with van der Waals surface area (Å²) in [6.45, 7) is 3.38. The zero-order valence-electron chi connectivity index (χ0n) is 21.8. The molecule has 1 unspecified atom stereocenters. The topological polar surface area (TPSA) is 105 Å². The van der Waals surface area contributed by atoms with Crippen LogP contribution in [0.2, 0.25) is 0 Å². The van der Waals surface area contributed by atoms with Gasteiger partial charge in [-0.25, -0.2) is 4.98 Å². The van der Waals surface area contributed by atoms with Gasteiger partial charge in [-0.15, -0.1) is 0 Å². The van der Waals surface area contributed by atoms with Crippen molar-refractivity contribution in [2.24, 2.45) is 7.05 Å². The molecule has 2 saturated heterocycles. The number of fused-ring (bicyclic) bond motifs is 2. The predicted octanol–water partition coefficient (Wildman–Crippen LogP) is 2.78. The fourth-order valence-corrected chi connectivity index (χ4v) is 6.09. The summed E-state index contributed by atoms with van der Waals surface area (Å²) in [4.78, 5) is 46.4. The molecule has 3 aliphatic heterocycles. The van der Waals surface area contributed by atoms with Crippen LogP contribution in [0.15, 0.2) is 48.8 Å². The van der Waals surface area contributed by atoms with Crippen LogP contribution in [0.25, 0.3) is 28.1 Å². The molecular weight excluding hydrogens is 494 g/mol. The van der Waals surface area contributed by atoms with Gasteiger partial charge in [0.25, 0.3) is 5.91 Å². The number of nitrogens with zero attached hydrogens (tertiary/aromatic N) is 6. The summed E-state index contributed by atoms with van der Waals surface area (Å²) in [7, 11) is 1.90. The van der Waals surface area contributed by atoms with E-state index < -0.39 is 11.9 Å². The second-order valence-corrected chi connectivity index (χ2v) is 10.7. The maximum Gasteiger partial charge on any atom is 0.255 e. The van der Waals surface area contributed by atoms with Crippen LogP contribution in [0.4, 0.5) is 0 Å². The fraction of sp³-hybridized carbons (Fsp3) is 0.345. The Morgan fingerprint density at radius 1 is 1.03 bits per heavy atom. The number of rotatable bonds is 5. The van der Waals surface area contributed by atoms with Gasteiger partial charge < -0.3 is 4.90 Å². The molecule has 3 aliphatic rings. The molecule has 198 valence electrons. The molecule has 2 fully saturated rings. The van der Waals surface area contributed by atoms with Crippen molar-refractivity contribution in [2.45, 2.75) is 44.8 Å². The first-order valence-corrected chi connectivity index (χ1v) is 13.5. The molecule has 0 aliphatic carbocycles. The number of aryl methyl sites for hydroxylation is 1. The molecule has 6 heterocycles. The van der Waals surface area contributed by atoms with E-state index in [0.29, 0.717) is 18.5 Å². The number of piperidine rings is 1. The van der Waals surface area contributed by atoms with Gasteiger partial charge in [-0.05, 0) is 67.7 Å². The number of amides is 3. The maximum atomic E-state index is 13.2. The third-order valence-electron chi connectivity index (χ3n) is 8.10. The molecule has 7 rings (SSSR count). The summed E-state index contributed by atoms with van der Waals surface area (Å²) in [5.41, 5.74) is 5.28. The van der Waals surface area contributed by atoms with Gasteiger partial charge in [0.1, 0.15) is 11.7 Å². The monoisotopic (exact) mass is 523 g/mol. The number of hydrogen-bond acceptors (Lipinski definition) is 6. The van der Waals surface area contributed by atoms with Crippen molar-refractivity contribution >= 4 is 28.8 Å². The second-order valence-electron chi connectivity index (χ2n) is 10.7. The highest BCUT2D eigenvalue weighted by atomic mass is 16.2. The standard InChI is InChI=1S/C29H29N7O3/c1-33-12-9-25(32-33)35-13-8-21-20(16-34-10-2-3-11-34)15-23(30-27(21)35)18-4-5-22-19(14-18)17-36(29(22)39)24-6-7-26(37)31-28(24)38/h4-5,8-9,12-15,24H,2-3,6-7,10-11,16-17H2,1H3,(H,31,37,38). The largest absolute Gasteiger partial charge is 0.322 e. The number of carbonyl (C=O) groups excluding carboxylic acids is 3. The quantitative estimate of drug-likeness (QED) is 0.404. The van der Waals surface area contributed by atoms with E-state index in [1.165, 1.54) is 18.4 Å². The Hall–Kier alpha value is -4.31. The second kappa shape index (κ2) is 9.16. The van der Waals surface area contributed by atoms with Crippen LogP contribution in [0.1, 0.15) is 47.2 Å². The Morgan fingerprint density at radius 2 is 1.87 bits per heavy atom. The average Bonchev–Trinajstić information content (AvgIpc) is 3.72. The summed E-state index contributed by atoms with van der Waals surface area (Å²) in [5.74, 6) is -0.0529. The Labute approximate surface area is 225 Å². The van der Waals surface area contributed by atoms with Crippen LogP contribution in [-0.4, -0.2) is 66.0 Å². The molecule has 1 atom stereocenters. The van der Waals surface area contributed by atoms with Gasteiger partial charge in [0.05, 0.1) is 5.69 Å². The molecule has 10 nitrogen and oxygen atoms in total. The highest BCUT2D eigenvalue weighted by Gasteiger charge is 2.39. The summed E-state index contributed by atoms with van der Waals surface area (Å²) in [6, 6.07) is 11.4. The molecule has 0 bridgehead atoms. The minimum atomic E-state index is -0.630. The van der Waals surface area contributed by atoms with Gasteiger partial charge in [0.2, 0.25) is 11.8 Å². The average molecular weight is 524 g/mol. The van der Waals surface area contributed by atoms with E-state index in [1.807, 2.05) is 48.3 Å².